The Hall–Kier alpha value is -6.17. The molecule has 0 radical (unpaired) electrons. The molecule has 12 nitrogen and oxygen atoms in total. The van der Waals surface area contributed by atoms with Gasteiger partial charge in [0, 0.05) is 65.2 Å². The molecule has 3 amide bonds. The highest BCUT2D eigenvalue weighted by Crippen LogP contribution is 2.26. The summed E-state index contributed by atoms with van der Waals surface area (Å²) < 4.78 is 9.20. The van der Waals surface area contributed by atoms with Crippen molar-refractivity contribution in [2.45, 2.75) is 25.9 Å². The first kappa shape index (κ1) is 29.5. The maximum atomic E-state index is 12.7. The number of aromatic carboxylic acids is 1. The number of anilines is 1. The number of nitrogens with zero attached hydrogens (tertiary/aromatic N) is 3. The number of carbonyl (C=O) groups excluding carboxylic acids is 3. The van der Waals surface area contributed by atoms with Crippen molar-refractivity contribution in [3.05, 3.63) is 107 Å². The lowest BCUT2D eigenvalue weighted by Crippen LogP contribution is -2.22. The summed E-state index contributed by atoms with van der Waals surface area (Å²) in [5, 5.41) is 23.3. The highest BCUT2D eigenvalue weighted by atomic mass is 16.5. The van der Waals surface area contributed by atoms with Crippen molar-refractivity contribution in [1.29, 1.82) is 0 Å². The van der Waals surface area contributed by atoms with Gasteiger partial charge in [-0.15, -0.1) is 0 Å². The Balaban J connectivity index is 0.000000167. The Morgan fingerprint density at radius 3 is 1.91 bits per heavy atom. The average molecular weight is 631 g/mol. The minimum atomic E-state index is -0.953. The molecule has 0 saturated heterocycles. The molecule has 0 unspecified atom stereocenters. The number of rotatable bonds is 4. The third-order valence-electron chi connectivity index (χ3n) is 8.28. The first-order valence-electron chi connectivity index (χ1n) is 15.3. The standard InChI is InChI=1S/C22H18N4O3.C13H12N2O3/c27-21(24-20-13-19(29-25-20)14-5-2-1-3-6-14)16-8-7-15-11-18-22(28)23-9-4-10-26(18)17(15)12-16;16-12-11-6-8-2-3-9(13(17)18)7-10(8)15(11)5-1-4-14-12/h1-3,5-8,11-13H,4,9-10H2,(H,23,28)(H,24,25,27);2-3,6-7H,1,4-5H2,(H,14,16)(H,17,18). The van der Waals surface area contributed by atoms with Crippen LogP contribution in [-0.4, -0.2) is 56.2 Å². The molecule has 12 heteroatoms. The fraction of sp³-hybridized carbons (Fsp3) is 0.171. The zero-order valence-electron chi connectivity index (χ0n) is 25.2. The minimum Gasteiger partial charge on any atom is -0.478 e. The van der Waals surface area contributed by atoms with Gasteiger partial charge in [-0.05, 0) is 49.2 Å². The third-order valence-corrected chi connectivity index (χ3v) is 8.28. The number of aromatic nitrogens is 3. The fourth-order valence-corrected chi connectivity index (χ4v) is 5.96. The molecule has 47 heavy (non-hydrogen) atoms. The van der Waals surface area contributed by atoms with Gasteiger partial charge in [-0.1, -0.05) is 47.6 Å². The summed E-state index contributed by atoms with van der Waals surface area (Å²) in [5.41, 5.74) is 4.53. The summed E-state index contributed by atoms with van der Waals surface area (Å²) in [6.45, 7) is 2.76. The van der Waals surface area contributed by atoms with E-state index in [-0.39, 0.29) is 23.3 Å². The largest absolute Gasteiger partial charge is 0.478 e. The number of nitrogens with one attached hydrogen (secondary N) is 3. The van der Waals surface area contributed by atoms with Crippen molar-refractivity contribution in [3.8, 4) is 11.3 Å². The van der Waals surface area contributed by atoms with E-state index in [0.29, 0.717) is 41.6 Å². The number of hydrogen-bond donors (Lipinski definition) is 4. The zero-order valence-corrected chi connectivity index (χ0v) is 25.2. The Morgan fingerprint density at radius 1 is 0.745 bits per heavy atom. The lowest BCUT2D eigenvalue weighted by Gasteiger charge is -2.06. The molecule has 0 aliphatic carbocycles. The van der Waals surface area contributed by atoms with Gasteiger partial charge in [-0.2, -0.15) is 0 Å². The molecule has 236 valence electrons. The van der Waals surface area contributed by atoms with Crippen LogP contribution < -0.4 is 16.0 Å². The minimum absolute atomic E-state index is 0.0826. The molecule has 3 aromatic carbocycles. The van der Waals surface area contributed by atoms with Gasteiger partial charge in [-0.25, -0.2) is 4.79 Å². The van der Waals surface area contributed by atoms with Crippen molar-refractivity contribution in [2.75, 3.05) is 18.4 Å². The number of carbonyl (C=O) groups is 4. The van der Waals surface area contributed by atoms with Gasteiger partial charge in [0.2, 0.25) is 0 Å². The molecule has 5 heterocycles. The highest BCUT2D eigenvalue weighted by Gasteiger charge is 2.21. The summed E-state index contributed by atoms with van der Waals surface area (Å²) in [6, 6.07) is 25.3. The molecule has 0 bridgehead atoms. The number of benzene rings is 3. The van der Waals surface area contributed by atoms with E-state index in [1.54, 1.807) is 30.3 Å². The molecular formula is C35H30N6O6. The van der Waals surface area contributed by atoms with Crippen LogP contribution in [0.3, 0.4) is 0 Å². The maximum absolute atomic E-state index is 12.7. The van der Waals surface area contributed by atoms with Crippen LogP contribution in [-0.2, 0) is 13.1 Å². The number of fused-ring (bicyclic) bond motifs is 6. The van der Waals surface area contributed by atoms with Crippen LogP contribution in [0.2, 0.25) is 0 Å². The van der Waals surface area contributed by atoms with Gasteiger partial charge in [0.15, 0.2) is 11.6 Å². The lowest BCUT2D eigenvalue weighted by molar-refractivity contribution is 0.0696. The van der Waals surface area contributed by atoms with E-state index in [4.69, 9.17) is 9.63 Å². The Labute approximate surface area is 268 Å². The molecule has 0 saturated carbocycles. The van der Waals surface area contributed by atoms with Gasteiger partial charge >= 0.3 is 5.97 Å². The summed E-state index contributed by atoms with van der Waals surface area (Å²) in [5.74, 6) is -0.484. The van der Waals surface area contributed by atoms with E-state index in [9.17, 15) is 19.2 Å². The van der Waals surface area contributed by atoms with Gasteiger partial charge in [0.25, 0.3) is 17.7 Å². The smallest absolute Gasteiger partial charge is 0.335 e. The monoisotopic (exact) mass is 630 g/mol. The second kappa shape index (κ2) is 12.3. The topological polar surface area (TPSA) is 160 Å². The highest BCUT2D eigenvalue weighted by molar-refractivity contribution is 6.07. The average Bonchev–Trinajstić information content (AvgIpc) is 3.73. The van der Waals surface area contributed by atoms with Gasteiger partial charge in [0.1, 0.15) is 11.4 Å². The van der Waals surface area contributed by atoms with Gasteiger partial charge in [0.05, 0.1) is 5.56 Å². The van der Waals surface area contributed by atoms with Crippen molar-refractivity contribution < 1.29 is 28.8 Å². The number of aryl methyl sites for hydroxylation is 2. The SMILES string of the molecule is O=C(Nc1cc(-c2ccccc2)on1)c1ccc2cc3n(c2c1)CCCNC3=O.O=C(O)c1ccc2cc3n(c2c1)CCCNC3=O. The molecule has 4 N–H and O–H groups in total. The van der Waals surface area contributed by atoms with E-state index < -0.39 is 5.97 Å². The van der Waals surface area contributed by atoms with Crippen LogP contribution in [0.5, 0.6) is 0 Å². The van der Waals surface area contributed by atoms with E-state index in [2.05, 4.69) is 21.1 Å². The molecule has 0 spiro atoms. The molecule has 0 atom stereocenters. The number of amides is 3. The third kappa shape index (κ3) is 5.84. The second-order valence-electron chi connectivity index (χ2n) is 11.3. The van der Waals surface area contributed by atoms with Crippen molar-refractivity contribution in [1.82, 2.24) is 24.9 Å². The first-order valence-corrected chi connectivity index (χ1v) is 15.3. The van der Waals surface area contributed by atoms with E-state index in [1.807, 2.05) is 63.7 Å². The molecule has 3 aromatic heterocycles. The van der Waals surface area contributed by atoms with E-state index in [1.165, 1.54) is 0 Å². The van der Waals surface area contributed by atoms with Crippen molar-refractivity contribution in [2.24, 2.45) is 0 Å². The summed E-state index contributed by atoms with van der Waals surface area (Å²) >= 11 is 0. The van der Waals surface area contributed by atoms with Crippen molar-refractivity contribution >= 4 is 51.3 Å². The predicted molar refractivity (Wildman–Crippen MR) is 175 cm³/mol. The van der Waals surface area contributed by atoms with Crippen LogP contribution in [0.4, 0.5) is 5.82 Å². The molecule has 6 aromatic rings. The number of carboxylic acid groups (broad SMARTS) is 1. The Morgan fingerprint density at radius 2 is 1.32 bits per heavy atom. The zero-order chi connectivity index (χ0) is 32.5. The van der Waals surface area contributed by atoms with E-state index >= 15 is 0 Å². The fourth-order valence-electron chi connectivity index (χ4n) is 5.96. The summed E-state index contributed by atoms with van der Waals surface area (Å²) in [6.07, 6.45) is 1.69. The molecule has 8 rings (SSSR count). The molecular weight excluding hydrogens is 600 g/mol. The maximum Gasteiger partial charge on any atom is 0.335 e. The summed E-state index contributed by atoms with van der Waals surface area (Å²) in [4.78, 5) is 47.8. The van der Waals surface area contributed by atoms with Crippen LogP contribution in [0.15, 0.2) is 89.5 Å². The quantitative estimate of drug-likeness (QED) is 0.209. The predicted octanol–water partition coefficient (Wildman–Crippen LogP) is 5.16. The Kier molecular flexibility index (Phi) is 7.74. The lowest BCUT2D eigenvalue weighted by atomic mass is 10.1. The van der Waals surface area contributed by atoms with Crippen LogP contribution in [0, 0.1) is 0 Å². The number of carboxylic acids is 1. The van der Waals surface area contributed by atoms with Crippen LogP contribution in [0.1, 0.15) is 54.5 Å². The van der Waals surface area contributed by atoms with Crippen LogP contribution in [0.25, 0.3) is 33.1 Å². The number of hydrogen-bond acceptors (Lipinski definition) is 6. The normalized spacial score (nSPS) is 14.1. The van der Waals surface area contributed by atoms with E-state index in [0.717, 1.165) is 53.3 Å². The van der Waals surface area contributed by atoms with Gasteiger partial charge < -0.3 is 34.7 Å². The second-order valence-corrected chi connectivity index (χ2v) is 11.3. The van der Waals surface area contributed by atoms with Crippen LogP contribution >= 0.6 is 0 Å². The Bertz CT molecular complexity index is 2180. The molecule has 0 fully saturated rings. The van der Waals surface area contributed by atoms with Crippen molar-refractivity contribution in [3.63, 3.8) is 0 Å². The molecule has 2 aliphatic heterocycles. The first-order chi connectivity index (χ1) is 22.9. The summed E-state index contributed by atoms with van der Waals surface area (Å²) in [7, 11) is 0. The molecule has 2 aliphatic rings. The van der Waals surface area contributed by atoms with Gasteiger partial charge in [-0.3, -0.25) is 14.4 Å².